The predicted molar refractivity (Wildman–Crippen MR) is 59.5 cm³/mol. The van der Waals surface area contributed by atoms with Crippen molar-refractivity contribution in [1.29, 1.82) is 0 Å². The Labute approximate surface area is 91.5 Å². The molecule has 4 heteroatoms. The average Bonchev–Trinajstić information content (AvgIpc) is 2.63. The van der Waals surface area contributed by atoms with Crippen LogP contribution in [0.5, 0.6) is 0 Å². The van der Waals surface area contributed by atoms with Crippen LogP contribution in [0.25, 0.3) is 0 Å². The normalized spacial score (nSPS) is 19.5. The van der Waals surface area contributed by atoms with Crippen LogP contribution in [-0.2, 0) is 9.53 Å². The zero-order valence-electron chi connectivity index (χ0n) is 9.71. The lowest BCUT2D eigenvalue weighted by Gasteiger charge is -2.27. The molecule has 3 N–H and O–H groups in total. The fourth-order valence-corrected chi connectivity index (χ4v) is 2.01. The SMILES string of the molecule is CC(C)NC(=O)COC1(CN)CCCC1. The predicted octanol–water partition coefficient (Wildman–Crippen LogP) is 0.799. The molecular formula is C11H22N2O2. The van der Waals surface area contributed by atoms with Crippen molar-refractivity contribution in [3.8, 4) is 0 Å². The van der Waals surface area contributed by atoms with Gasteiger partial charge in [-0.05, 0) is 26.7 Å². The molecule has 1 fully saturated rings. The Morgan fingerprint density at radius 3 is 2.53 bits per heavy atom. The third-order valence-corrected chi connectivity index (χ3v) is 2.85. The van der Waals surface area contributed by atoms with Gasteiger partial charge in [-0.2, -0.15) is 0 Å². The first-order valence-corrected chi connectivity index (χ1v) is 5.71. The highest BCUT2D eigenvalue weighted by Gasteiger charge is 2.33. The first-order valence-electron chi connectivity index (χ1n) is 5.71. The minimum absolute atomic E-state index is 0.0512. The Balaban J connectivity index is 2.31. The van der Waals surface area contributed by atoms with Crippen molar-refractivity contribution < 1.29 is 9.53 Å². The zero-order chi connectivity index (χ0) is 11.3. The maximum atomic E-state index is 11.4. The van der Waals surface area contributed by atoms with Gasteiger partial charge < -0.3 is 15.8 Å². The van der Waals surface area contributed by atoms with Crippen LogP contribution < -0.4 is 11.1 Å². The van der Waals surface area contributed by atoms with Gasteiger partial charge in [0.25, 0.3) is 0 Å². The van der Waals surface area contributed by atoms with Gasteiger partial charge in [-0.15, -0.1) is 0 Å². The number of nitrogens with one attached hydrogen (secondary N) is 1. The molecule has 1 aliphatic carbocycles. The van der Waals surface area contributed by atoms with Crippen molar-refractivity contribution in [2.45, 2.75) is 51.2 Å². The Kier molecular flexibility index (Phi) is 4.54. The molecule has 0 unspecified atom stereocenters. The summed E-state index contributed by atoms with van der Waals surface area (Å²) in [5.74, 6) is -0.0512. The van der Waals surface area contributed by atoms with Crippen molar-refractivity contribution in [3.63, 3.8) is 0 Å². The second-order valence-electron chi connectivity index (χ2n) is 4.61. The molecule has 0 aliphatic heterocycles. The van der Waals surface area contributed by atoms with Gasteiger partial charge in [0.1, 0.15) is 6.61 Å². The number of hydrogen-bond acceptors (Lipinski definition) is 3. The summed E-state index contributed by atoms with van der Waals surface area (Å²) in [7, 11) is 0. The summed E-state index contributed by atoms with van der Waals surface area (Å²) in [5, 5.41) is 2.80. The molecular weight excluding hydrogens is 192 g/mol. The van der Waals surface area contributed by atoms with Crippen LogP contribution in [0.3, 0.4) is 0 Å². The number of carbonyl (C=O) groups excluding carboxylic acids is 1. The molecule has 0 atom stereocenters. The molecule has 0 bridgehead atoms. The van der Waals surface area contributed by atoms with E-state index in [-0.39, 0.29) is 24.2 Å². The minimum atomic E-state index is -0.228. The molecule has 4 nitrogen and oxygen atoms in total. The van der Waals surface area contributed by atoms with E-state index in [2.05, 4.69) is 5.32 Å². The number of rotatable bonds is 5. The van der Waals surface area contributed by atoms with Gasteiger partial charge in [-0.25, -0.2) is 0 Å². The highest BCUT2D eigenvalue weighted by Crippen LogP contribution is 2.31. The fourth-order valence-electron chi connectivity index (χ4n) is 2.01. The molecule has 0 heterocycles. The van der Waals surface area contributed by atoms with Gasteiger partial charge in [0.05, 0.1) is 5.60 Å². The van der Waals surface area contributed by atoms with Gasteiger partial charge in [0.2, 0.25) is 5.91 Å². The number of nitrogens with two attached hydrogens (primary N) is 1. The fraction of sp³-hybridized carbons (Fsp3) is 0.909. The van der Waals surface area contributed by atoms with E-state index in [4.69, 9.17) is 10.5 Å². The molecule has 0 saturated heterocycles. The third kappa shape index (κ3) is 3.80. The monoisotopic (exact) mass is 214 g/mol. The van der Waals surface area contributed by atoms with Crippen LogP contribution in [0.2, 0.25) is 0 Å². The summed E-state index contributed by atoms with van der Waals surface area (Å²) in [6.45, 7) is 4.52. The summed E-state index contributed by atoms with van der Waals surface area (Å²) in [4.78, 5) is 11.4. The van der Waals surface area contributed by atoms with Gasteiger partial charge in [0, 0.05) is 12.6 Å². The number of hydrogen-bond donors (Lipinski definition) is 2. The van der Waals surface area contributed by atoms with Crippen LogP contribution in [0.4, 0.5) is 0 Å². The largest absolute Gasteiger partial charge is 0.364 e. The molecule has 1 amide bonds. The maximum Gasteiger partial charge on any atom is 0.246 e. The molecule has 1 rings (SSSR count). The standard InChI is InChI=1S/C11H22N2O2/c1-9(2)13-10(14)7-15-11(8-12)5-3-4-6-11/h9H,3-8,12H2,1-2H3,(H,13,14). The average molecular weight is 214 g/mol. The molecule has 1 saturated carbocycles. The van der Waals surface area contributed by atoms with Crippen LogP contribution in [0.1, 0.15) is 39.5 Å². The van der Waals surface area contributed by atoms with Crippen LogP contribution in [0.15, 0.2) is 0 Å². The van der Waals surface area contributed by atoms with Crippen molar-refractivity contribution in [3.05, 3.63) is 0 Å². The summed E-state index contributed by atoms with van der Waals surface area (Å²) in [5.41, 5.74) is 5.47. The van der Waals surface area contributed by atoms with E-state index in [0.29, 0.717) is 6.54 Å². The Hall–Kier alpha value is -0.610. The smallest absolute Gasteiger partial charge is 0.246 e. The highest BCUT2D eigenvalue weighted by molar-refractivity contribution is 5.77. The summed E-state index contributed by atoms with van der Waals surface area (Å²) >= 11 is 0. The Morgan fingerprint density at radius 2 is 2.07 bits per heavy atom. The van der Waals surface area contributed by atoms with Crippen molar-refractivity contribution >= 4 is 5.91 Å². The molecule has 0 aromatic heterocycles. The lowest BCUT2D eigenvalue weighted by molar-refractivity contribution is -0.133. The van der Waals surface area contributed by atoms with Gasteiger partial charge >= 0.3 is 0 Å². The van der Waals surface area contributed by atoms with Crippen molar-refractivity contribution in [2.75, 3.05) is 13.2 Å². The number of amides is 1. The Morgan fingerprint density at radius 1 is 1.47 bits per heavy atom. The van der Waals surface area contributed by atoms with E-state index in [1.54, 1.807) is 0 Å². The molecule has 0 radical (unpaired) electrons. The van der Waals surface area contributed by atoms with Crippen LogP contribution in [-0.4, -0.2) is 30.7 Å². The van der Waals surface area contributed by atoms with Crippen molar-refractivity contribution in [2.24, 2.45) is 5.73 Å². The quantitative estimate of drug-likeness (QED) is 0.711. The summed E-state index contributed by atoms with van der Waals surface area (Å²) < 4.78 is 5.67. The molecule has 0 aromatic rings. The van der Waals surface area contributed by atoms with Gasteiger partial charge in [-0.3, -0.25) is 4.79 Å². The van der Waals surface area contributed by atoms with Crippen LogP contribution in [0, 0.1) is 0 Å². The molecule has 15 heavy (non-hydrogen) atoms. The Bertz CT molecular complexity index is 211. The van der Waals surface area contributed by atoms with E-state index in [1.165, 1.54) is 0 Å². The highest BCUT2D eigenvalue weighted by atomic mass is 16.5. The summed E-state index contributed by atoms with van der Waals surface area (Å²) in [6, 6.07) is 0.165. The van der Waals surface area contributed by atoms with E-state index >= 15 is 0 Å². The summed E-state index contributed by atoms with van der Waals surface area (Å²) in [6.07, 6.45) is 4.28. The number of carbonyl (C=O) groups is 1. The molecule has 1 aliphatic rings. The van der Waals surface area contributed by atoms with Gasteiger partial charge in [-0.1, -0.05) is 12.8 Å². The molecule has 0 aromatic carbocycles. The maximum absolute atomic E-state index is 11.4. The van der Waals surface area contributed by atoms with E-state index in [1.807, 2.05) is 13.8 Å². The molecule has 88 valence electrons. The zero-order valence-corrected chi connectivity index (χ0v) is 9.71. The topological polar surface area (TPSA) is 64.3 Å². The lowest BCUT2D eigenvalue weighted by Crippen LogP contribution is -2.42. The van der Waals surface area contributed by atoms with E-state index in [9.17, 15) is 4.79 Å². The van der Waals surface area contributed by atoms with Crippen molar-refractivity contribution in [1.82, 2.24) is 5.32 Å². The number of ether oxygens (including phenoxy) is 1. The molecule has 0 spiro atoms. The second kappa shape index (κ2) is 5.47. The lowest BCUT2D eigenvalue weighted by atomic mass is 10.0. The first-order chi connectivity index (χ1) is 7.08. The minimum Gasteiger partial charge on any atom is -0.364 e. The third-order valence-electron chi connectivity index (χ3n) is 2.85. The second-order valence-corrected chi connectivity index (χ2v) is 4.61. The van der Waals surface area contributed by atoms with E-state index < -0.39 is 0 Å². The van der Waals surface area contributed by atoms with E-state index in [0.717, 1.165) is 25.7 Å². The van der Waals surface area contributed by atoms with Gasteiger partial charge in [0.15, 0.2) is 0 Å². The first kappa shape index (κ1) is 12.5. The van der Waals surface area contributed by atoms with Crippen LogP contribution >= 0.6 is 0 Å².